The minimum absolute atomic E-state index is 0.148. The van der Waals surface area contributed by atoms with Crippen LogP contribution in [-0.2, 0) is 4.79 Å². The summed E-state index contributed by atoms with van der Waals surface area (Å²) in [4.78, 5) is 10.1. The maximum atomic E-state index is 12.7. The standard InChI is InChI=1S/C7H10F2O2/c8-7(9)3-1-2-5(7)4-6(10)11/h5H,1-4H2,(H,10,11)/t5-/m0/s1. The molecule has 0 aliphatic heterocycles. The fourth-order valence-corrected chi connectivity index (χ4v) is 1.46. The molecule has 2 nitrogen and oxygen atoms in total. The molecule has 1 aliphatic rings. The normalized spacial score (nSPS) is 28.7. The molecule has 64 valence electrons. The first-order valence-corrected chi connectivity index (χ1v) is 3.62. The number of carboxylic acids is 1. The van der Waals surface area contributed by atoms with Crippen molar-refractivity contribution in [2.45, 2.75) is 31.6 Å². The summed E-state index contributed by atoms with van der Waals surface area (Å²) in [6, 6.07) is 0. The predicted molar refractivity (Wildman–Crippen MR) is 34.5 cm³/mol. The summed E-state index contributed by atoms with van der Waals surface area (Å²) < 4.78 is 25.4. The zero-order chi connectivity index (χ0) is 8.48. The van der Waals surface area contributed by atoms with Crippen molar-refractivity contribution in [1.82, 2.24) is 0 Å². The molecule has 1 saturated carbocycles. The molecule has 11 heavy (non-hydrogen) atoms. The van der Waals surface area contributed by atoms with Crippen LogP contribution < -0.4 is 0 Å². The average Bonchev–Trinajstić information content (AvgIpc) is 2.10. The van der Waals surface area contributed by atoms with Crippen LogP contribution >= 0.6 is 0 Å². The van der Waals surface area contributed by atoms with Gasteiger partial charge in [-0.25, -0.2) is 8.78 Å². The van der Waals surface area contributed by atoms with Crippen LogP contribution in [0.4, 0.5) is 8.78 Å². The third kappa shape index (κ3) is 1.88. The van der Waals surface area contributed by atoms with Crippen molar-refractivity contribution < 1.29 is 18.7 Å². The van der Waals surface area contributed by atoms with Crippen LogP contribution in [0.1, 0.15) is 25.7 Å². The second kappa shape index (κ2) is 2.75. The molecule has 0 saturated heterocycles. The van der Waals surface area contributed by atoms with E-state index in [2.05, 4.69) is 0 Å². The van der Waals surface area contributed by atoms with Crippen molar-refractivity contribution in [3.8, 4) is 0 Å². The average molecular weight is 164 g/mol. The summed E-state index contributed by atoms with van der Waals surface area (Å²) in [5.41, 5.74) is 0. The highest BCUT2D eigenvalue weighted by atomic mass is 19.3. The third-order valence-electron chi connectivity index (χ3n) is 2.08. The Hall–Kier alpha value is -0.670. The van der Waals surface area contributed by atoms with E-state index in [4.69, 9.17) is 5.11 Å². The zero-order valence-corrected chi connectivity index (χ0v) is 6.02. The number of carboxylic acid groups (broad SMARTS) is 1. The van der Waals surface area contributed by atoms with Crippen molar-refractivity contribution in [2.24, 2.45) is 5.92 Å². The van der Waals surface area contributed by atoms with E-state index in [0.29, 0.717) is 12.8 Å². The van der Waals surface area contributed by atoms with Gasteiger partial charge in [0.05, 0.1) is 6.42 Å². The first-order chi connectivity index (χ1) is 5.02. The molecule has 0 heterocycles. The summed E-state index contributed by atoms with van der Waals surface area (Å²) in [6.45, 7) is 0. The van der Waals surface area contributed by atoms with Crippen molar-refractivity contribution in [1.29, 1.82) is 0 Å². The van der Waals surface area contributed by atoms with Gasteiger partial charge in [-0.2, -0.15) is 0 Å². The monoisotopic (exact) mass is 164 g/mol. The summed E-state index contributed by atoms with van der Waals surface area (Å²) in [5, 5.41) is 8.27. The van der Waals surface area contributed by atoms with Gasteiger partial charge in [0.1, 0.15) is 0 Å². The molecule has 0 bridgehead atoms. The van der Waals surface area contributed by atoms with Gasteiger partial charge in [0.2, 0.25) is 0 Å². The molecule has 0 radical (unpaired) electrons. The van der Waals surface area contributed by atoms with Crippen LogP contribution in [0.5, 0.6) is 0 Å². The van der Waals surface area contributed by atoms with Crippen LogP contribution in [0, 0.1) is 5.92 Å². The fourth-order valence-electron chi connectivity index (χ4n) is 1.46. The number of rotatable bonds is 2. The van der Waals surface area contributed by atoms with Crippen LogP contribution in [0.3, 0.4) is 0 Å². The van der Waals surface area contributed by atoms with Gasteiger partial charge in [-0.05, 0) is 12.8 Å². The molecule has 0 amide bonds. The van der Waals surface area contributed by atoms with Crippen LogP contribution in [0.15, 0.2) is 0 Å². The van der Waals surface area contributed by atoms with E-state index in [1.54, 1.807) is 0 Å². The van der Waals surface area contributed by atoms with Crippen molar-refractivity contribution in [3.05, 3.63) is 0 Å². The Labute approximate surface area is 63.2 Å². The summed E-state index contributed by atoms with van der Waals surface area (Å²) >= 11 is 0. The highest BCUT2D eigenvalue weighted by Gasteiger charge is 2.44. The lowest BCUT2D eigenvalue weighted by Gasteiger charge is -2.16. The van der Waals surface area contributed by atoms with Crippen molar-refractivity contribution >= 4 is 5.97 Å². The van der Waals surface area contributed by atoms with E-state index in [0.717, 1.165) is 0 Å². The molecule has 4 heteroatoms. The minimum Gasteiger partial charge on any atom is -0.481 e. The highest BCUT2D eigenvalue weighted by Crippen LogP contribution is 2.41. The SMILES string of the molecule is O=C(O)C[C@@H]1CCCC1(F)F. The number of aliphatic carboxylic acids is 1. The third-order valence-corrected chi connectivity index (χ3v) is 2.08. The Kier molecular flexibility index (Phi) is 2.11. The van der Waals surface area contributed by atoms with Crippen molar-refractivity contribution in [2.75, 3.05) is 0 Å². The number of alkyl halides is 2. The first-order valence-electron chi connectivity index (χ1n) is 3.62. The number of halogens is 2. The van der Waals surface area contributed by atoms with Gasteiger partial charge in [0, 0.05) is 12.3 Å². The van der Waals surface area contributed by atoms with Gasteiger partial charge < -0.3 is 5.11 Å². The minimum atomic E-state index is -2.74. The molecule has 1 atom stereocenters. The second-order valence-electron chi connectivity index (χ2n) is 2.95. The van der Waals surface area contributed by atoms with E-state index in [1.807, 2.05) is 0 Å². The van der Waals surface area contributed by atoms with E-state index < -0.39 is 24.2 Å². The number of carbonyl (C=O) groups is 1. The molecular weight excluding hydrogens is 154 g/mol. The molecule has 0 aromatic heterocycles. The van der Waals surface area contributed by atoms with Gasteiger partial charge in [-0.3, -0.25) is 4.79 Å². The molecule has 1 rings (SSSR count). The van der Waals surface area contributed by atoms with Crippen LogP contribution in [0.2, 0.25) is 0 Å². The lowest BCUT2D eigenvalue weighted by molar-refractivity contribution is -0.141. The van der Waals surface area contributed by atoms with Crippen LogP contribution in [-0.4, -0.2) is 17.0 Å². The summed E-state index contributed by atoms with van der Waals surface area (Å²) in [5.74, 6) is -4.80. The Morgan fingerprint density at radius 2 is 2.27 bits per heavy atom. The predicted octanol–water partition coefficient (Wildman–Crippen LogP) is 1.90. The quantitative estimate of drug-likeness (QED) is 0.676. The smallest absolute Gasteiger partial charge is 0.303 e. The lowest BCUT2D eigenvalue weighted by atomic mass is 10.0. The largest absolute Gasteiger partial charge is 0.481 e. The summed E-state index contributed by atoms with van der Waals surface area (Å²) in [7, 11) is 0. The fraction of sp³-hybridized carbons (Fsp3) is 0.857. The molecular formula is C7H10F2O2. The number of hydrogen-bond acceptors (Lipinski definition) is 1. The first kappa shape index (κ1) is 8.43. The molecule has 0 aromatic rings. The van der Waals surface area contributed by atoms with Gasteiger partial charge >= 0.3 is 5.97 Å². The van der Waals surface area contributed by atoms with E-state index >= 15 is 0 Å². The highest BCUT2D eigenvalue weighted by molar-refractivity contribution is 5.67. The Balaban J connectivity index is 2.51. The van der Waals surface area contributed by atoms with Crippen molar-refractivity contribution in [3.63, 3.8) is 0 Å². The summed E-state index contributed by atoms with van der Waals surface area (Å²) in [6.07, 6.45) is 0.252. The molecule has 1 aliphatic carbocycles. The lowest BCUT2D eigenvalue weighted by Crippen LogP contribution is -2.23. The topological polar surface area (TPSA) is 37.3 Å². The molecule has 0 aromatic carbocycles. The van der Waals surface area contributed by atoms with Gasteiger partial charge in [0.15, 0.2) is 0 Å². The number of hydrogen-bond donors (Lipinski definition) is 1. The zero-order valence-electron chi connectivity index (χ0n) is 6.02. The maximum Gasteiger partial charge on any atom is 0.303 e. The Morgan fingerprint density at radius 3 is 2.64 bits per heavy atom. The van der Waals surface area contributed by atoms with E-state index in [9.17, 15) is 13.6 Å². The molecule has 1 N–H and O–H groups in total. The van der Waals surface area contributed by atoms with E-state index in [1.165, 1.54) is 0 Å². The molecule has 1 fully saturated rings. The van der Waals surface area contributed by atoms with Gasteiger partial charge in [0.25, 0.3) is 5.92 Å². The van der Waals surface area contributed by atoms with Gasteiger partial charge in [-0.15, -0.1) is 0 Å². The second-order valence-corrected chi connectivity index (χ2v) is 2.95. The molecule has 0 unspecified atom stereocenters. The van der Waals surface area contributed by atoms with E-state index in [-0.39, 0.29) is 6.42 Å². The van der Waals surface area contributed by atoms with Crippen LogP contribution in [0.25, 0.3) is 0 Å². The Bertz CT molecular complexity index is 168. The maximum absolute atomic E-state index is 12.7. The Morgan fingerprint density at radius 1 is 1.64 bits per heavy atom. The molecule has 0 spiro atoms. The van der Waals surface area contributed by atoms with Gasteiger partial charge in [-0.1, -0.05) is 0 Å².